The van der Waals surface area contributed by atoms with Crippen molar-refractivity contribution in [2.45, 2.75) is 0 Å². The van der Waals surface area contributed by atoms with Crippen molar-refractivity contribution in [2.24, 2.45) is 0 Å². The van der Waals surface area contributed by atoms with Crippen LogP contribution in [0.15, 0.2) is 54.6 Å². The summed E-state index contributed by atoms with van der Waals surface area (Å²) >= 11 is 0. The van der Waals surface area contributed by atoms with E-state index in [1.165, 1.54) is 0 Å². The van der Waals surface area contributed by atoms with Gasteiger partial charge in [-0.3, -0.25) is 14.9 Å². The van der Waals surface area contributed by atoms with Crippen molar-refractivity contribution >= 4 is 60.9 Å². The Bertz CT molecular complexity index is 1480. The highest BCUT2D eigenvalue weighted by Gasteiger charge is 2.27. The number of amides is 2. The molecule has 0 bridgehead atoms. The van der Waals surface area contributed by atoms with Gasteiger partial charge in [0.2, 0.25) is 0 Å². The van der Waals surface area contributed by atoms with Gasteiger partial charge in [-0.2, -0.15) is 0 Å². The Morgan fingerprint density at radius 2 is 1.18 bits per heavy atom. The van der Waals surface area contributed by atoms with E-state index in [2.05, 4.69) is 5.32 Å². The summed E-state index contributed by atoms with van der Waals surface area (Å²) in [5, 5.41) is 18.7. The number of nitrogens with one attached hydrogen (secondary N) is 1. The maximum absolute atomic E-state index is 12.4. The number of carbonyl (C=O) groups is 3. The molecule has 5 aromatic carbocycles. The molecule has 2 N–H and O–H groups in total. The maximum atomic E-state index is 12.4. The minimum absolute atomic E-state index is 0.254. The molecular formula is C23H11NO4. The molecule has 0 radical (unpaired) electrons. The maximum Gasteiger partial charge on any atom is 0.336 e. The van der Waals surface area contributed by atoms with E-state index in [1.807, 2.05) is 36.4 Å². The van der Waals surface area contributed by atoms with Gasteiger partial charge in [0.25, 0.3) is 11.8 Å². The molecule has 28 heavy (non-hydrogen) atoms. The first-order valence-corrected chi connectivity index (χ1v) is 8.81. The van der Waals surface area contributed by atoms with Gasteiger partial charge in [0.05, 0.1) is 5.56 Å². The molecule has 0 aromatic heterocycles. The number of rotatable bonds is 1. The van der Waals surface area contributed by atoms with Crippen molar-refractivity contribution in [1.29, 1.82) is 0 Å². The van der Waals surface area contributed by atoms with E-state index in [1.54, 1.807) is 18.2 Å². The molecule has 1 heterocycles. The summed E-state index contributed by atoms with van der Waals surface area (Å²) < 4.78 is 0. The van der Waals surface area contributed by atoms with E-state index in [4.69, 9.17) is 0 Å². The van der Waals surface area contributed by atoms with E-state index in [9.17, 15) is 19.5 Å². The summed E-state index contributed by atoms with van der Waals surface area (Å²) in [4.78, 5) is 36.4. The zero-order valence-electron chi connectivity index (χ0n) is 14.4. The Morgan fingerprint density at radius 1 is 0.643 bits per heavy atom. The fourth-order valence-electron chi connectivity index (χ4n) is 4.60. The third kappa shape index (κ3) is 1.64. The van der Waals surface area contributed by atoms with Crippen LogP contribution in [0.5, 0.6) is 0 Å². The summed E-state index contributed by atoms with van der Waals surface area (Å²) in [6.45, 7) is 0. The molecule has 0 aliphatic carbocycles. The Labute approximate surface area is 157 Å². The highest BCUT2D eigenvalue weighted by Crippen LogP contribution is 2.43. The molecule has 0 fully saturated rings. The monoisotopic (exact) mass is 365 g/mol. The topological polar surface area (TPSA) is 83.5 Å². The number of imide groups is 1. The minimum Gasteiger partial charge on any atom is -0.478 e. The van der Waals surface area contributed by atoms with Gasteiger partial charge in [0.15, 0.2) is 0 Å². The molecule has 0 saturated carbocycles. The molecule has 5 nitrogen and oxygen atoms in total. The number of carbonyl (C=O) groups excluding carboxylic acids is 2. The SMILES string of the molecule is O=C(O)c1ccc2c3ccc4c5c(ccc(c6cccc1c62)c53)C(=O)NC4=O. The number of hydrogen-bond acceptors (Lipinski definition) is 3. The molecule has 1 aliphatic heterocycles. The van der Waals surface area contributed by atoms with Crippen LogP contribution in [0.1, 0.15) is 31.1 Å². The van der Waals surface area contributed by atoms with Crippen molar-refractivity contribution in [1.82, 2.24) is 5.32 Å². The van der Waals surface area contributed by atoms with E-state index in [0.29, 0.717) is 21.9 Å². The molecule has 5 aromatic rings. The smallest absolute Gasteiger partial charge is 0.336 e. The number of carboxylic acid groups (broad SMARTS) is 1. The van der Waals surface area contributed by atoms with E-state index < -0.39 is 17.8 Å². The lowest BCUT2D eigenvalue weighted by Gasteiger charge is -2.21. The molecule has 2 amide bonds. The van der Waals surface area contributed by atoms with Gasteiger partial charge < -0.3 is 5.11 Å². The molecule has 1 aliphatic rings. The summed E-state index contributed by atoms with van der Waals surface area (Å²) in [5.41, 5.74) is 1.21. The molecule has 0 atom stereocenters. The number of fused-ring (bicyclic) bond motifs is 2. The molecule has 6 rings (SSSR count). The van der Waals surface area contributed by atoms with Gasteiger partial charge in [0, 0.05) is 16.5 Å². The first-order chi connectivity index (χ1) is 13.6. The normalized spacial score (nSPS) is 13.7. The second-order valence-corrected chi connectivity index (χ2v) is 7.05. The van der Waals surface area contributed by atoms with Crippen LogP contribution in [0.25, 0.3) is 43.1 Å². The van der Waals surface area contributed by atoms with Gasteiger partial charge >= 0.3 is 5.97 Å². The Hall–Kier alpha value is -3.99. The molecule has 132 valence electrons. The first kappa shape index (κ1) is 15.1. The third-order valence-corrected chi connectivity index (χ3v) is 5.73. The largest absolute Gasteiger partial charge is 0.478 e. The first-order valence-electron chi connectivity index (χ1n) is 8.81. The molecule has 5 heteroatoms. The molecule has 0 saturated heterocycles. The van der Waals surface area contributed by atoms with Crippen molar-refractivity contribution in [2.75, 3.05) is 0 Å². The van der Waals surface area contributed by atoms with Crippen LogP contribution in [0.4, 0.5) is 0 Å². The Morgan fingerprint density at radius 3 is 1.82 bits per heavy atom. The molecular weight excluding hydrogens is 354 g/mol. The van der Waals surface area contributed by atoms with Crippen LogP contribution in [0, 0.1) is 0 Å². The highest BCUT2D eigenvalue weighted by atomic mass is 16.4. The highest BCUT2D eigenvalue weighted by molar-refractivity contribution is 6.38. The van der Waals surface area contributed by atoms with E-state index in [-0.39, 0.29) is 5.56 Å². The van der Waals surface area contributed by atoms with Gasteiger partial charge in [-0.05, 0) is 55.9 Å². The van der Waals surface area contributed by atoms with Crippen molar-refractivity contribution < 1.29 is 19.5 Å². The summed E-state index contributed by atoms with van der Waals surface area (Å²) in [7, 11) is 0. The zero-order chi connectivity index (χ0) is 19.2. The standard InChI is InChI=1S/C23H11NO4/c25-21-16-8-5-13-10-2-1-3-11-15(23(27)28)7-4-12(18(10)11)14-6-9-17(22(26)24-21)20(16)19(13)14/h1-9H,(H,27,28)(H,24,25,26). The van der Waals surface area contributed by atoms with Gasteiger partial charge in [-0.25, -0.2) is 4.79 Å². The fourth-order valence-corrected chi connectivity index (χ4v) is 4.60. The lowest BCUT2D eigenvalue weighted by atomic mass is 9.84. The second kappa shape index (κ2) is 4.84. The summed E-state index contributed by atoms with van der Waals surface area (Å²) in [6, 6.07) is 16.3. The second-order valence-electron chi connectivity index (χ2n) is 7.05. The number of benzene rings is 5. The minimum atomic E-state index is -0.970. The van der Waals surface area contributed by atoms with Crippen molar-refractivity contribution in [3.8, 4) is 0 Å². The number of aromatic carboxylic acids is 1. The van der Waals surface area contributed by atoms with Gasteiger partial charge in [-0.1, -0.05) is 36.4 Å². The lowest BCUT2D eigenvalue weighted by molar-refractivity contribution is 0.0698. The van der Waals surface area contributed by atoms with E-state index in [0.717, 1.165) is 32.3 Å². The third-order valence-electron chi connectivity index (χ3n) is 5.73. The fraction of sp³-hybridized carbons (Fsp3) is 0. The van der Waals surface area contributed by atoms with Crippen molar-refractivity contribution in [3.63, 3.8) is 0 Å². The molecule has 0 spiro atoms. The van der Waals surface area contributed by atoms with Crippen molar-refractivity contribution in [3.05, 3.63) is 71.3 Å². The van der Waals surface area contributed by atoms with E-state index >= 15 is 0 Å². The van der Waals surface area contributed by atoms with Crippen LogP contribution in [0.2, 0.25) is 0 Å². The van der Waals surface area contributed by atoms with Crippen LogP contribution in [0.3, 0.4) is 0 Å². The van der Waals surface area contributed by atoms with Crippen LogP contribution >= 0.6 is 0 Å². The zero-order valence-corrected chi connectivity index (χ0v) is 14.4. The number of hydrogen-bond donors (Lipinski definition) is 2. The predicted molar refractivity (Wildman–Crippen MR) is 106 cm³/mol. The molecule has 0 unspecified atom stereocenters. The Kier molecular flexibility index (Phi) is 2.61. The Balaban J connectivity index is 1.97. The van der Waals surface area contributed by atoms with Gasteiger partial charge in [-0.15, -0.1) is 0 Å². The quantitative estimate of drug-likeness (QED) is 0.263. The summed E-state index contributed by atoms with van der Waals surface area (Å²) in [6.07, 6.45) is 0. The lowest BCUT2D eigenvalue weighted by Crippen LogP contribution is -2.34. The van der Waals surface area contributed by atoms with Crippen LogP contribution in [-0.2, 0) is 0 Å². The summed E-state index contributed by atoms with van der Waals surface area (Å²) in [5.74, 6) is -1.76. The number of carboxylic acids is 1. The predicted octanol–water partition coefficient (Wildman–Crippen LogP) is 4.32. The van der Waals surface area contributed by atoms with Crippen LogP contribution < -0.4 is 5.32 Å². The average molecular weight is 365 g/mol. The van der Waals surface area contributed by atoms with Gasteiger partial charge in [0.1, 0.15) is 0 Å². The average Bonchev–Trinajstić information content (AvgIpc) is 2.69. The van der Waals surface area contributed by atoms with Crippen LogP contribution in [-0.4, -0.2) is 22.9 Å².